The van der Waals surface area contributed by atoms with Crippen LogP contribution in [0, 0.1) is 0 Å². The molecule has 0 bridgehead atoms. The highest BCUT2D eigenvalue weighted by Crippen LogP contribution is 2.19. The van der Waals surface area contributed by atoms with Crippen molar-refractivity contribution in [2.75, 3.05) is 14.2 Å². The molecule has 0 unspecified atom stereocenters. The number of rotatable bonds is 6. The lowest BCUT2D eigenvalue weighted by molar-refractivity contribution is 0.0584. The maximum Gasteiger partial charge on any atom is 0.356 e. The van der Waals surface area contributed by atoms with Crippen LogP contribution >= 0.6 is 0 Å². The summed E-state index contributed by atoms with van der Waals surface area (Å²) in [6.07, 6.45) is 0.523. The van der Waals surface area contributed by atoms with Crippen molar-refractivity contribution in [3.63, 3.8) is 0 Å². The highest BCUT2D eigenvalue weighted by Gasteiger charge is 2.17. The molecule has 0 aliphatic carbocycles. The zero-order valence-corrected chi connectivity index (χ0v) is 13.8. The predicted octanol–water partition coefficient (Wildman–Crippen LogP) is 2.66. The summed E-state index contributed by atoms with van der Waals surface area (Å²) in [5.74, 6) is -0.947. The molecular formula is C18H19NO5. The second kappa shape index (κ2) is 8.10. The lowest BCUT2D eigenvalue weighted by Crippen LogP contribution is -2.17. The summed E-state index contributed by atoms with van der Waals surface area (Å²) >= 11 is 0. The van der Waals surface area contributed by atoms with Crippen LogP contribution in [0.25, 0.3) is 0 Å². The number of nitrogens with zero attached hydrogens (tertiary/aromatic N) is 1. The van der Waals surface area contributed by atoms with Gasteiger partial charge in [-0.3, -0.25) is 0 Å². The standard InChI is InChI=1S/C18H19NO5/c1-12(9-13-7-5-4-6-8-13)24-14-10-15(17(20)22-2)19-16(11-14)18(21)23-3/h4-8,10-12H,9H2,1-3H3/t12-/m0/s1. The Morgan fingerprint density at radius 1 is 1.00 bits per heavy atom. The van der Waals surface area contributed by atoms with Crippen molar-refractivity contribution in [3.8, 4) is 5.75 Å². The van der Waals surface area contributed by atoms with Crippen molar-refractivity contribution in [1.82, 2.24) is 4.98 Å². The first-order valence-electron chi connectivity index (χ1n) is 7.42. The molecule has 0 amide bonds. The van der Waals surface area contributed by atoms with Gasteiger partial charge in [0, 0.05) is 18.6 Å². The van der Waals surface area contributed by atoms with E-state index in [9.17, 15) is 9.59 Å². The van der Waals surface area contributed by atoms with Crippen LogP contribution in [-0.2, 0) is 15.9 Å². The molecule has 1 heterocycles. The Morgan fingerprint density at radius 3 is 2.04 bits per heavy atom. The second-order valence-corrected chi connectivity index (χ2v) is 5.17. The van der Waals surface area contributed by atoms with E-state index in [0.29, 0.717) is 12.2 Å². The molecular weight excluding hydrogens is 310 g/mol. The Bertz CT molecular complexity index is 680. The van der Waals surface area contributed by atoms with Gasteiger partial charge in [-0.2, -0.15) is 0 Å². The van der Waals surface area contributed by atoms with Gasteiger partial charge in [0.2, 0.25) is 0 Å². The lowest BCUT2D eigenvalue weighted by atomic mass is 10.1. The summed E-state index contributed by atoms with van der Waals surface area (Å²) in [6.45, 7) is 1.91. The number of carbonyl (C=O) groups is 2. The summed E-state index contributed by atoms with van der Waals surface area (Å²) in [6, 6.07) is 12.8. The van der Waals surface area contributed by atoms with Crippen molar-refractivity contribution >= 4 is 11.9 Å². The van der Waals surface area contributed by atoms with Crippen LogP contribution < -0.4 is 4.74 Å². The monoisotopic (exact) mass is 329 g/mol. The Morgan fingerprint density at radius 2 is 1.54 bits per heavy atom. The molecule has 1 aromatic carbocycles. The van der Waals surface area contributed by atoms with E-state index >= 15 is 0 Å². The number of esters is 2. The van der Waals surface area contributed by atoms with Gasteiger partial charge < -0.3 is 14.2 Å². The zero-order chi connectivity index (χ0) is 17.5. The average Bonchev–Trinajstić information content (AvgIpc) is 2.60. The summed E-state index contributed by atoms with van der Waals surface area (Å²) in [5.41, 5.74) is 1.10. The first-order valence-corrected chi connectivity index (χ1v) is 7.42. The van der Waals surface area contributed by atoms with Gasteiger partial charge in [0.25, 0.3) is 0 Å². The fraction of sp³-hybridized carbons (Fsp3) is 0.278. The van der Waals surface area contributed by atoms with Crippen LogP contribution in [0.5, 0.6) is 5.75 Å². The average molecular weight is 329 g/mol. The summed E-state index contributed by atoms with van der Waals surface area (Å²) in [7, 11) is 2.49. The number of pyridine rings is 1. The second-order valence-electron chi connectivity index (χ2n) is 5.17. The van der Waals surface area contributed by atoms with E-state index in [1.807, 2.05) is 37.3 Å². The highest BCUT2D eigenvalue weighted by molar-refractivity contribution is 5.92. The lowest BCUT2D eigenvalue weighted by Gasteiger charge is -2.16. The third-order valence-electron chi connectivity index (χ3n) is 3.29. The number of hydrogen-bond donors (Lipinski definition) is 0. The van der Waals surface area contributed by atoms with Crippen LogP contribution in [-0.4, -0.2) is 37.2 Å². The van der Waals surface area contributed by atoms with E-state index in [-0.39, 0.29) is 17.5 Å². The van der Waals surface area contributed by atoms with E-state index in [1.165, 1.54) is 26.4 Å². The van der Waals surface area contributed by atoms with E-state index in [2.05, 4.69) is 14.5 Å². The van der Waals surface area contributed by atoms with E-state index in [0.717, 1.165) is 5.56 Å². The van der Waals surface area contributed by atoms with Gasteiger partial charge in [0.1, 0.15) is 5.75 Å². The van der Waals surface area contributed by atoms with Gasteiger partial charge >= 0.3 is 11.9 Å². The molecule has 0 spiro atoms. The van der Waals surface area contributed by atoms with E-state index in [4.69, 9.17) is 4.74 Å². The van der Waals surface area contributed by atoms with Crippen LogP contribution in [0.1, 0.15) is 33.5 Å². The minimum atomic E-state index is -0.652. The Hall–Kier alpha value is -2.89. The van der Waals surface area contributed by atoms with Crippen LogP contribution in [0.4, 0.5) is 0 Å². The molecule has 2 rings (SSSR count). The highest BCUT2D eigenvalue weighted by atomic mass is 16.5. The fourth-order valence-corrected chi connectivity index (χ4v) is 2.21. The van der Waals surface area contributed by atoms with Crippen LogP contribution in [0.15, 0.2) is 42.5 Å². The molecule has 2 aromatic rings. The number of carbonyl (C=O) groups excluding carboxylic acids is 2. The Balaban J connectivity index is 2.21. The largest absolute Gasteiger partial charge is 0.490 e. The van der Waals surface area contributed by atoms with Crippen molar-refractivity contribution in [2.24, 2.45) is 0 Å². The SMILES string of the molecule is COC(=O)c1cc(O[C@@H](C)Cc2ccccc2)cc(C(=O)OC)n1. The molecule has 6 nitrogen and oxygen atoms in total. The molecule has 0 fully saturated rings. The van der Waals surface area contributed by atoms with E-state index in [1.54, 1.807) is 0 Å². The van der Waals surface area contributed by atoms with Gasteiger partial charge in [0.15, 0.2) is 11.4 Å². The molecule has 0 saturated heterocycles. The molecule has 0 aliphatic rings. The number of methoxy groups -OCH3 is 2. The van der Waals surface area contributed by atoms with Gasteiger partial charge in [-0.25, -0.2) is 14.6 Å². The molecule has 0 N–H and O–H groups in total. The quantitative estimate of drug-likeness (QED) is 0.759. The number of aromatic nitrogens is 1. The minimum absolute atomic E-state index is 0.0117. The molecule has 24 heavy (non-hydrogen) atoms. The van der Waals surface area contributed by atoms with Crippen molar-refractivity contribution in [1.29, 1.82) is 0 Å². The van der Waals surface area contributed by atoms with Gasteiger partial charge in [0.05, 0.1) is 20.3 Å². The molecule has 0 saturated carbocycles. The van der Waals surface area contributed by atoms with Crippen LogP contribution in [0.3, 0.4) is 0 Å². The minimum Gasteiger partial charge on any atom is -0.490 e. The Labute approximate surface area is 140 Å². The van der Waals surface area contributed by atoms with Gasteiger partial charge in [-0.05, 0) is 12.5 Å². The van der Waals surface area contributed by atoms with Crippen molar-refractivity contribution in [2.45, 2.75) is 19.4 Å². The number of hydrogen-bond acceptors (Lipinski definition) is 6. The predicted molar refractivity (Wildman–Crippen MR) is 87.2 cm³/mol. The molecule has 1 aromatic heterocycles. The summed E-state index contributed by atoms with van der Waals surface area (Å²) in [5, 5.41) is 0. The maximum atomic E-state index is 11.7. The van der Waals surface area contributed by atoms with Gasteiger partial charge in [-0.1, -0.05) is 30.3 Å². The van der Waals surface area contributed by atoms with E-state index < -0.39 is 11.9 Å². The molecule has 6 heteroatoms. The maximum absolute atomic E-state index is 11.7. The first kappa shape index (κ1) is 17.5. The number of ether oxygens (including phenoxy) is 3. The number of benzene rings is 1. The van der Waals surface area contributed by atoms with Crippen molar-refractivity contribution < 1.29 is 23.8 Å². The van der Waals surface area contributed by atoms with Gasteiger partial charge in [-0.15, -0.1) is 0 Å². The summed E-state index contributed by atoms with van der Waals surface area (Å²) in [4.78, 5) is 27.4. The summed E-state index contributed by atoms with van der Waals surface area (Å²) < 4.78 is 15.1. The fourth-order valence-electron chi connectivity index (χ4n) is 2.21. The zero-order valence-electron chi connectivity index (χ0n) is 13.8. The molecule has 0 aliphatic heterocycles. The third kappa shape index (κ3) is 4.55. The first-order chi connectivity index (χ1) is 11.5. The third-order valence-corrected chi connectivity index (χ3v) is 3.29. The van der Waals surface area contributed by atoms with Crippen LogP contribution in [0.2, 0.25) is 0 Å². The molecule has 126 valence electrons. The molecule has 1 atom stereocenters. The topological polar surface area (TPSA) is 74.7 Å². The van der Waals surface area contributed by atoms with Crippen molar-refractivity contribution in [3.05, 3.63) is 59.4 Å². The Kier molecular flexibility index (Phi) is 5.89. The molecule has 0 radical (unpaired) electrons. The normalized spacial score (nSPS) is 11.5. The smallest absolute Gasteiger partial charge is 0.356 e.